The van der Waals surface area contributed by atoms with Gasteiger partial charge in [-0.2, -0.15) is 0 Å². The number of amides is 1. The molecule has 0 rings (SSSR count). The lowest BCUT2D eigenvalue weighted by atomic mass is 10.0. The molecule has 0 aromatic rings. The fourth-order valence-corrected chi connectivity index (χ4v) is 8.71. The Bertz CT molecular complexity index is 1230. The Morgan fingerprint density at radius 3 is 1.39 bits per heavy atom. The molecule has 1 N–H and O–H groups in total. The van der Waals surface area contributed by atoms with Gasteiger partial charge >= 0.3 is 5.97 Å². The molecular weight excluding hydrogens is 844 g/mol. The molecule has 0 saturated carbocycles. The summed E-state index contributed by atoms with van der Waals surface area (Å²) in [5.41, 5.74) is 0. The summed E-state index contributed by atoms with van der Waals surface area (Å²) in [4.78, 5) is 39.7. The van der Waals surface area contributed by atoms with E-state index in [0.717, 1.165) is 51.4 Å². The summed E-state index contributed by atoms with van der Waals surface area (Å²) in [5, 5.41) is 3.00. The van der Waals surface area contributed by atoms with Crippen molar-refractivity contribution in [3.8, 4) is 0 Å². The third kappa shape index (κ3) is 47.3. The Hall–Kier alpha value is -1.77. The predicted molar refractivity (Wildman–Crippen MR) is 279 cm³/mol. The number of hydrogen-bond donors (Lipinski definition) is 1. The first-order chi connectivity index (χ1) is 31.9. The molecule has 66 heavy (non-hydrogen) atoms. The van der Waals surface area contributed by atoms with E-state index in [9.17, 15) is 19.0 Å². The van der Waals surface area contributed by atoms with E-state index in [2.05, 4.69) is 44.3 Å². The number of esters is 1. The zero-order valence-electron chi connectivity index (χ0n) is 44.2. The number of phosphoric acid groups is 1. The molecule has 0 aliphatic rings. The van der Waals surface area contributed by atoms with Crippen LogP contribution in [-0.4, -0.2) is 69.4 Å². The zero-order valence-corrected chi connectivity index (χ0v) is 45.0. The first-order valence-electron chi connectivity index (χ1n) is 27.8. The fraction of sp³-hybridized carbons (Fsp3) is 0.857. The lowest BCUT2D eigenvalue weighted by Crippen LogP contribution is -2.47. The lowest BCUT2D eigenvalue weighted by molar-refractivity contribution is -0.870. The lowest BCUT2D eigenvalue weighted by Gasteiger charge is -2.30. The van der Waals surface area contributed by atoms with Crippen molar-refractivity contribution in [2.24, 2.45) is 0 Å². The zero-order chi connectivity index (χ0) is 48.7. The van der Waals surface area contributed by atoms with Crippen LogP contribution in [0.25, 0.3) is 0 Å². The molecule has 1 amide bonds. The van der Waals surface area contributed by atoms with Crippen LogP contribution in [0.15, 0.2) is 36.5 Å². The van der Waals surface area contributed by atoms with E-state index in [1.165, 1.54) is 167 Å². The second kappa shape index (κ2) is 46.9. The molecule has 0 aliphatic heterocycles. The minimum absolute atomic E-state index is 0.0276. The third-order valence-electron chi connectivity index (χ3n) is 12.3. The third-order valence-corrected chi connectivity index (χ3v) is 13.3. The minimum atomic E-state index is -4.70. The summed E-state index contributed by atoms with van der Waals surface area (Å²) in [7, 11) is 1.17. The summed E-state index contributed by atoms with van der Waals surface area (Å²) >= 11 is 0. The van der Waals surface area contributed by atoms with Gasteiger partial charge in [0.25, 0.3) is 7.82 Å². The molecule has 3 atom stereocenters. The second-order valence-electron chi connectivity index (χ2n) is 20.1. The molecule has 0 bridgehead atoms. The van der Waals surface area contributed by atoms with Crippen molar-refractivity contribution < 1.29 is 37.3 Å². The molecule has 0 radical (unpaired) electrons. The van der Waals surface area contributed by atoms with Crippen LogP contribution in [0.4, 0.5) is 0 Å². The molecule has 0 saturated heterocycles. The van der Waals surface area contributed by atoms with Crippen LogP contribution < -0.4 is 10.2 Å². The Labute approximate surface area is 408 Å². The molecule has 0 aromatic carbocycles. The first-order valence-corrected chi connectivity index (χ1v) is 29.3. The van der Waals surface area contributed by atoms with E-state index in [-0.39, 0.29) is 18.9 Å². The van der Waals surface area contributed by atoms with Gasteiger partial charge in [0.05, 0.1) is 33.8 Å². The van der Waals surface area contributed by atoms with Gasteiger partial charge in [0.2, 0.25) is 5.91 Å². The number of phosphoric ester groups is 1. The molecular formula is C56H107N2O7P. The van der Waals surface area contributed by atoms with Gasteiger partial charge in [0.15, 0.2) is 0 Å². The van der Waals surface area contributed by atoms with Gasteiger partial charge in [-0.3, -0.25) is 14.2 Å². The topological polar surface area (TPSA) is 114 Å². The van der Waals surface area contributed by atoms with Gasteiger partial charge in [-0.05, 0) is 51.0 Å². The number of nitrogens with zero attached hydrogens (tertiary/aromatic N) is 1. The smallest absolute Gasteiger partial charge is 0.306 e. The number of carbonyl (C=O) groups is 2. The summed E-state index contributed by atoms with van der Waals surface area (Å²) in [6.07, 6.45) is 54.0. The Kier molecular flexibility index (Phi) is 45.7. The summed E-state index contributed by atoms with van der Waals surface area (Å²) in [5.74, 6) is -0.611. The average molecular weight is 951 g/mol. The second-order valence-corrected chi connectivity index (χ2v) is 21.5. The molecule has 0 aliphatic carbocycles. The highest BCUT2D eigenvalue weighted by Crippen LogP contribution is 2.38. The van der Waals surface area contributed by atoms with Gasteiger partial charge in [-0.25, -0.2) is 0 Å². The summed E-state index contributed by atoms with van der Waals surface area (Å²) in [6.45, 7) is 6.81. The number of nitrogens with one attached hydrogen (secondary N) is 1. The highest BCUT2D eigenvalue weighted by molar-refractivity contribution is 7.45. The molecule has 0 spiro atoms. The van der Waals surface area contributed by atoms with Crippen LogP contribution in [0, 0.1) is 0 Å². The Balaban J connectivity index is 5.46. The highest BCUT2D eigenvalue weighted by Gasteiger charge is 2.27. The van der Waals surface area contributed by atoms with Crippen LogP contribution in [0.3, 0.4) is 0 Å². The number of likely N-dealkylation sites (N-methyl/N-ethyl adjacent to an activating group) is 1. The Morgan fingerprint density at radius 2 is 0.939 bits per heavy atom. The van der Waals surface area contributed by atoms with Crippen molar-refractivity contribution in [3.63, 3.8) is 0 Å². The molecule has 10 heteroatoms. The number of hydrogen-bond acceptors (Lipinski definition) is 7. The number of unbranched alkanes of at least 4 members (excludes halogenated alkanes) is 30. The molecule has 9 nitrogen and oxygen atoms in total. The monoisotopic (exact) mass is 951 g/mol. The van der Waals surface area contributed by atoms with Gasteiger partial charge in [-0.15, -0.1) is 0 Å². The van der Waals surface area contributed by atoms with Crippen molar-refractivity contribution in [1.82, 2.24) is 5.32 Å². The van der Waals surface area contributed by atoms with Crippen molar-refractivity contribution in [2.45, 2.75) is 270 Å². The molecule has 3 unspecified atom stereocenters. The van der Waals surface area contributed by atoms with E-state index < -0.39 is 32.5 Å². The van der Waals surface area contributed by atoms with E-state index in [1.54, 1.807) is 0 Å². The maximum absolute atomic E-state index is 13.4. The van der Waals surface area contributed by atoms with Crippen molar-refractivity contribution >= 4 is 19.7 Å². The first kappa shape index (κ1) is 64.2. The van der Waals surface area contributed by atoms with Crippen LogP contribution in [0.2, 0.25) is 0 Å². The van der Waals surface area contributed by atoms with Crippen LogP contribution in [0.5, 0.6) is 0 Å². The highest BCUT2D eigenvalue weighted by atomic mass is 31.2. The van der Waals surface area contributed by atoms with E-state index in [4.69, 9.17) is 13.8 Å². The minimum Gasteiger partial charge on any atom is -0.756 e. The SMILES string of the molecule is CCCCCCCC/C=C\C/C=C/CCC(=O)OC(/C=C/CCCCCCCCCCCCC)C(COP(=O)([O-])OCC[N+](C)(C)C)NC(=O)CCCCCCCCCCCCCCCC. The molecule has 388 valence electrons. The van der Waals surface area contributed by atoms with Crippen molar-refractivity contribution in [3.05, 3.63) is 36.5 Å². The Morgan fingerprint density at radius 1 is 0.530 bits per heavy atom. The standard InChI is InChI=1S/C56H107N2O7P/c1-7-10-13-16-19-22-25-28-31-33-36-39-42-45-48-55(59)57-53(52-64-66(61,62)63-51-50-58(4,5)6)54(47-44-41-38-35-32-29-26-23-20-17-14-11-8-2)65-56(60)49-46-43-40-37-34-30-27-24-21-18-15-12-9-3/h30,34,40,43-44,47,53-54H,7-29,31-33,35-39,41-42,45-46,48-52H2,1-6H3,(H-,57,59,61,62)/b34-30-,43-40+,47-44+. The largest absolute Gasteiger partial charge is 0.756 e. The number of carbonyl (C=O) groups excluding carboxylic acids is 2. The van der Waals surface area contributed by atoms with Crippen LogP contribution >= 0.6 is 7.82 Å². The van der Waals surface area contributed by atoms with Crippen LogP contribution in [0.1, 0.15) is 258 Å². The van der Waals surface area contributed by atoms with Gasteiger partial charge < -0.3 is 28.5 Å². The summed E-state index contributed by atoms with van der Waals surface area (Å²) < 4.78 is 30.1. The molecule has 0 heterocycles. The predicted octanol–water partition coefficient (Wildman–Crippen LogP) is 15.8. The molecule has 0 fully saturated rings. The van der Waals surface area contributed by atoms with Gasteiger partial charge in [0, 0.05) is 12.8 Å². The normalized spacial score (nSPS) is 14.1. The van der Waals surface area contributed by atoms with Crippen LogP contribution in [-0.2, 0) is 27.9 Å². The van der Waals surface area contributed by atoms with E-state index >= 15 is 0 Å². The van der Waals surface area contributed by atoms with Crippen molar-refractivity contribution in [2.75, 3.05) is 40.9 Å². The number of ether oxygens (including phenoxy) is 1. The maximum atomic E-state index is 13.4. The fourth-order valence-electron chi connectivity index (χ4n) is 7.99. The average Bonchev–Trinajstić information content (AvgIpc) is 3.27. The van der Waals surface area contributed by atoms with Crippen molar-refractivity contribution in [1.29, 1.82) is 0 Å². The maximum Gasteiger partial charge on any atom is 0.306 e. The molecule has 0 aromatic heterocycles. The van der Waals surface area contributed by atoms with Gasteiger partial charge in [0.1, 0.15) is 19.3 Å². The number of quaternary nitrogens is 1. The number of allylic oxidation sites excluding steroid dienone is 5. The van der Waals surface area contributed by atoms with E-state index in [1.807, 2.05) is 39.4 Å². The quantitative estimate of drug-likeness (QED) is 0.0212. The van der Waals surface area contributed by atoms with E-state index in [0.29, 0.717) is 23.9 Å². The number of rotatable bonds is 50. The van der Waals surface area contributed by atoms with Gasteiger partial charge in [-0.1, -0.05) is 231 Å². The summed E-state index contributed by atoms with van der Waals surface area (Å²) in [6, 6.07) is -0.904.